The van der Waals surface area contributed by atoms with Crippen molar-refractivity contribution in [3.63, 3.8) is 0 Å². The molecular formula is C68H85NO8. The number of aliphatic hydroxyl groups excluding tert-OH is 2. The van der Waals surface area contributed by atoms with Crippen molar-refractivity contribution < 1.29 is 39.9 Å². The summed E-state index contributed by atoms with van der Waals surface area (Å²) >= 11 is 0. The molecule has 13 aliphatic rings. The Morgan fingerprint density at radius 2 is 1.68 bits per heavy atom. The molecular weight excluding hydrogens is 959 g/mol. The molecule has 20 unspecified atom stereocenters. The summed E-state index contributed by atoms with van der Waals surface area (Å²) in [6, 6.07) is 16.6. The van der Waals surface area contributed by atoms with Crippen LogP contribution in [0, 0.1) is 116 Å². The van der Waals surface area contributed by atoms with E-state index in [1.54, 1.807) is 6.08 Å². The van der Waals surface area contributed by atoms with Crippen molar-refractivity contribution in [2.75, 3.05) is 7.05 Å². The van der Waals surface area contributed by atoms with Crippen LogP contribution in [-0.4, -0.2) is 79.9 Å². The van der Waals surface area contributed by atoms with Crippen LogP contribution in [0.3, 0.4) is 0 Å². The van der Waals surface area contributed by atoms with Crippen LogP contribution >= 0.6 is 0 Å². The number of fused-ring (bicyclic) bond motifs is 3. The van der Waals surface area contributed by atoms with Crippen LogP contribution < -0.4 is 5.32 Å². The first-order valence-corrected chi connectivity index (χ1v) is 30.9. The molecule has 0 saturated heterocycles. The van der Waals surface area contributed by atoms with E-state index in [0.29, 0.717) is 63.2 Å². The smallest absolute Gasteiger partial charge is 0.331 e. The number of carbonyl (C=O) groups is 2. The fraction of sp³-hybridized carbons (Fsp3) is 0.706. The second-order valence-corrected chi connectivity index (χ2v) is 28.6. The number of benzene rings is 2. The van der Waals surface area contributed by atoms with Crippen molar-refractivity contribution in [1.82, 2.24) is 5.32 Å². The van der Waals surface area contributed by atoms with Gasteiger partial charge in [0.2, 0.25) is 0 Å². The lowest BCUT2D eigenvalue weighted by Gasteiger charge is -2.74. The monoisotopic (exact) mass is 1040 g/mol. The third-order valence-corrected chi connectivity index (χ3v) is 25.8. The lowest BCUT2D eigenvalue weighted by molar-refractivity contribution is -0.363. The Hall–Kier alpha value is -3.80. The highest BCUT2D eigenvalue weighted by Crippen LogP contribution is 2.81. The molecule has 12 aliphatic carbocycles. The molecule has 9 fully saturated rings. The van der Waals surface area contributed by atoms with Gasteiger partial charge in [-0.25, -0.2) is 4.79 Å². The van der Waals surface area contributed by atoms with Crippen LogP contribution in [0.4, 0.5) is 0 Å². The maximum absolute atomic E-state index is 15.6. The minimum atomic E-state index is -1.88. The molecule has 0 radical (unpaired) electrons. The summed E-state index contributed by atoms with van der Waals surface area (Å²) in [5.74, 6) is 13.6. The van der Waals surface area contributed by atoms with Gasteiger partial charge in [-0.2, -0.15) is 0 Å². The molecule has 20 atom stereocenters. The molecule has 0 aromatic heterocycles. The number of esters is 1. The van der Waals surface area contributed by atoms with E-state index in [-0.39, 0.29) is 67.0 Å². The van der Waals surface area contributed by atoms with E-state index >= 15 is 15.0 Å². The van der Waals surface area contributed by atoms with E-state index in [4.69, 9.17) is 4.74 Å². The highest BCUT2D eigenvalue weighted by atomic mass is 16.5. The van der Waals surface area contributed by atoms with Gasteiger partial charge in [0.1, 0.15) is 18.0 Å². The summed E-state index contributed by atoms with van der Waals surface area (Å²) in [6.45, 7) is 2.30. The number of aldehydes is 1. The number of hydrogen-bond donors (Lipinski definition) is 6. The molecule has 9 nitrogen and oxygen atoms in total. The summed E-state index contributed by atoms with van der Waals surface area (Å²) in [6.07, 6.45) is 18.8. The molecule has 410 valence electrons. The van der Waals surface area contributed by atoms with Gasteiger partial charge in [0, 0.05) is 58.6 Å². The average Bonchev–Trinajstić information content (AvgIpc) is 3.17. The van der Waals surface area contributed by atoms with E-state index in [0.717, 1.165) is 86.3 Å². The van der Waals surface area contributed by atoms with Crippen LogP contribution in [0.25, 0.3) is 0 Å². The van der Waals surface area contributed by atoms with Crippen LogP contribution in [0.2, 0.25) is 0 Å². The number of rotatable bonds is 7. The van der Waals surface area contributed by atoms with Crippen LogP contribution in [0.15, 0.2) is 60.2 Å². The summed E-state index contributed by atoms with van der Waals surface area (Å²) in [5, 5.41) is 73.4. The van der Waals surface area contributed by atoms with E-state index in [1.807, 2.05) is 19.2 Å². The molecule has 3 spiro atoms. The van der Waals surface area contributed by atoms with Crippen LogP contribution in [-0.2, 0) is 33.8 Å². The van der Waals surface area contributed by atoms with Crippen molar-refractivity contribution >= 4 is 12.3 Å². The Labute approximate surface area is 457 Å². The van der Waals surface area contributed by atoms with Gasteiger partial charge in [-0.15, -0.1) is 5.92 Å². The number of nitrogens with one attached hydrogen (secondary N) is 1. The number of ether oxygens (including phenoxy) is 1. The third-order valence-electron chi connectivity index (χ3n) is 25.8. The predicted molar refractivity (Wildman–Crippen MR) is 293 cm³/mol. The van der Waals surface area contributed by atoms with Gasteiger partial charge in [-0.1, -0.05) is 106 Å². The second kappa shape index (κ2) is 18.4. The second-order valence-electron chi connectivity index (χ2n) is 28.6. The van der Waals surface area contributed by atoms with Crippen molar-refractivity contribution in [2.45, 2.75) is 196 Å². The topological polar surface area (TPSA) is 157 Å². The van der Waals surface area contributed by atoms with Crippen molar-refractivity contribution in [1.29, 1.82) is 0 Å². The van der Waals surface area contributed by atoms with E-state index in [1.165, 1.54) is 31.2 Å². The molecule has 9 heteroatoms. The molecule has 77 heavy (non-hydrogen) atoms. The minimum absolute atomic E-state index is 0.114. The largest absolute Gasteiger partial charge is 0.454 e. The lowest BCUT2D eigenvalue weighted by Crippen LogP contribution is -2.83. The van der Waals surface area contributed by atoms with Gasteiger partial charge in [0.05, 0.1) is 29.3 Å². The molecule has 2 aromatic rings. The van der Waals surface area contributed by atoms with Crippen molar-refractivity contribution in [2.24, 2.45) is 92.7 Å². The van der Waals surface area contributed by atoms with E-state index in [2.05, 4.69) is 72.3 Å². The Morgan fingerprint density at radius 3 is 2.44 bits per heavy atom. The number of carbonyl (C=O) groups excluding carboxylic acids is 2. The SMILES string of the molecule is CNC1Cc2c(cccc2CO)C#CC2(CCCC2)CC23CC4C#CCC(Cc5ccccc5)C5CCC6(C5)CC5(C=O)C4C(O)(CC4CC(C(C)C7CCCC7)CCC(C6O)C45O)C2(O)CC2CC1C1OC(=O)C=C1C23. The first-order chi connectivity index (χ1) is 37.2. The van der Waals surface area contributed by atoms with Crippen LogP contribution in [0.5, 0.6) is 0 Å². The molecule has 7 bridgehead atoms. The molecule has 1 aliphatic heterocycles. The van der Waals surface area contributed by atoms with Crippen molar-refractivity contribution in [3.05, 3.63) is 82.4 Å². The fourth-order valence-electron chi connectivity index (χ4n) is 22.9. The summed E-state index contributed by atoms with van der Waals surface area (Å²) in [4.78, 5) is 29.7. The summed E-state index contributed by atoms with van der Waals surface area (Å²) in [5.41, 5.74) is -4.10. The lowest BCUT2D eigenvalue weighted by atomic mass is 9.32. The van der Waals surface area contributed by atoms with Gasteiger partial charge >= 0.3 is 5.97 Å². The quantitative estimate of drug-likeness (QED) is 0.0905. The van der Waals surface area contributed by atoms with E-state index < -0.39 is 74.3 Å². The highest BCUT2D eigenvalue weighted by molar-refractivity contribution is 5.86. The van der Waals surface area contributed by atoms with E-state index in [9.17, 15) is 20.1 Å². The van der Waals surface area contributed by atoms with Gasteiger partial charge < -0.3 is 40.4 Å². The molecule has 2 aromatic carbocycles. The molecule has 1 heterocycles. The van der Waals surface area contributed by atoms with Gasteiger partial charge in [0.25, 0.3) is 0 Å². The molecule has 0 amide bonds. The predicted octanol–water partition coefficient (Wildman–Crippen LogP) is 9.21. The zero-order valence-corrected chi connectivity index (χ0v) is 45.9. The summed E-state index contributed by atoms with van der Waals surface area (Å²) in [7, 11) is 1.97. The standard InChI is InChI=1S/C68H85NO8/c1-41(43-14-6-7-15-43)45-20-21-55-61(73)63-27-23-47(33-63)46(28-42-12-4-3-5-13-42)17-11-18-48-34-64-38-62(24-8-9-25-62)26-22-44-16-10-19-49(37-70)52(44)31-56(69-2)53-30-50(58(64)54-32-57(72)77-59(53)54)35-67(64,75)66(74)36-51(29-45)68(55,76)65(39-63,40-71)60(48)66/h3-5,10,12-13,16,19,32,40-41,43,45-48,50-51,53,55-56,58-61,69-70,73-76H,6-9,14-15,17,20-21,23-25,27-31,33-39H2,1-2H3. The maximum Gasteiger partial charge on any atom is 0.331 e. The third kappa shape index (κ3) is 7.14. The summed E-state index contributed by atoms with van der Waals surface area (Å²) < 4.78 is 6.55. The Bertz CT molecular complexity index is 2850. The zero-order valence-electron chi connectivity index (χ0n) is 45.9. The first kappa shape index (κ1) is 51.4. The Morgan fingerprint density at radius 1 is 0.870 bits per heavy atom. The first-order valence-electron chi connectivity index (χ1n) is 30.9. The fourth-order valence-corrected chi connectivity index (χ4v) is 22.9. The van der Waals surface area contributed by atoms with Gasteiger partial charge in [-0.3, -0.25) is 0 Å². The number of aliphatic hydroxyl groups is 5. The number of likely N-dealkylation sites (N-methyl/N-ethyl adjacent to an activating group) is 1. The Kier molecular flexibility index (Phi) is 12.2. The average molecular weight is 1040 g/mol. The molecule has 9 saturated carbocycles. The highest BCUT2D eigenvalue weighted by Gasteiger charge is 2.86. The van der Waals surface area contributed by atoms with Crippen molar-refractivity contribution in [3.8, 4) is 23.7 Å². The normalized spacial score (nSPS) is 47.1. The zero-order chi connectivity index (χ0) is 52.9. The maximum atomic E-state index is 15.6. The van der Waals surface area contributed by atoms with Gasteiger partial charge in [0.15, 0.2) is 0 Å². The van der Waals surface area contributed by atoms with Crippen LogP contribution in [0.1, 0.15) is 164 Å². The Balaban J connectivity index is 1.02. The van der Waals surface area contributed by atoms with Gasteiger partial charge in [-0.05, 0) is 191 Å². The molecule has 15 rings (SSSR count). The number of hydrogen-bond acceptors (Lipinski definition) is 9. The molecule has 6 N–H and O–H groups in total. The minimum Gasteiger partial charge on any atom is -0.454 e.